The quantitative estimate of drug-likeness (QED) is 0.794. The zero-order chi connectivity index (χ0) is 14.4. The maximum atomic E-state index is 4.81. The number of nitrogens with one attached hydrogen (secondary N) is 1. The van der Waals surface area contributed by atoms with E-state index in [1.165, 1.54) is 23.5 Å². The number of hydrogen-bond donors (Lipinski definition) is 1. The zero-order valence-corrected chi connectivity index (χ0v) is 13.6. The molecule has 1 saturated heterocycles. The second kappa shape index (κ2) is 7.81. The molecule has 3 heteroatoms. The Bertz CT molecular complexity index is 338. The van der Waals surface area contributed by atoms with Gasteiger partial charge in [0, 0.05) is 50.1 Å². The lowest BCUT2D eigenvalue weighted by Crippen LogP contribution is -2.58. The van der Waals surface area contributed by atoms with Crippen LogP contribution in [-0.4, -0.2) is 42.8 Å². The fourth-order valence-corrected chi connectivity index (χ4v) is 2.27. The molecule has 0 atom stereocenters. The second-order valence-corrected chi connectivity index (χ2v) is 5.67. The lowest BCUT2D eigenvalue weighted by atomic mass is 10.0. The number of nitrogens with zero attached hydrogens (tertiary/aromatic N) is 2. The molecule has 0 spiro atoms. The molecule has 19 heavy (non-hydrogen) atoms. The van der Waals surface area contributed by atoms with Gasteiger partial charge in [-0.15, -0.1) is 0 Å². The molecule has 0 aromatic carbocycles. The SMILES string of the molecule is CC.CC(=NC1=C(C)CN(C2CNC2)CC1)C(C)C. The Hall–Kier alpha value is -0.670. The van der Waals surface area contributed by atoms with Gasteiger partial charge in [-0.25, -0.2) is 0 Å². The first-order valence-corrected chi connectivity index (χ1v) is 7.76. The first-order chi connectivity index (χ1) is 9.08. The van der Waals surface area contributed by atoms with Crippen molar-refractivity contribution < 1.29 is 0 Å². The summed E-state index contributed by atoms with van der Waals surface area (Å²) < 4.78 is 0. The summed E-state index contributed by atoms with van der Waals surface area (Å²) in [5.74, 6) is 0.559. The van der Waals surface area contributed by atoms with Crippen molar-refractivity contribution in [2.75, 3.05) is 26.2 Å². The summed E-state index contributed by atoms with van der Waals surface area (Å²) in [5.41, 5.74) is 4.06. The van der Waals surface area contributed by atoms with Crippen LogP contribution in [0.3, 0.4) is 0 Å². The van der Waals surface area contributed by atoms with Crippen molar-refractivity contribution in [1.82, 2.24) is 10.2 Å². The third-order valence-electron chi connectivity index (χ3n) is 3.99. The molecule has 2 aliphatic rings. The maximum absolute atomic E-state index is 4.81. The summed E-state index contributed by atoms with van der Waals surface area (Å²) in [6.07, 6.45) is 1.12. The van der Waals surface area contributed by atoms with Crippen LogP contribution in [0.1, 0.15) is 48.0 Å². The first-order valence-electron chi connectivity index (χ1n) is 7.76. The Morgan fingerprint density at radius 3 is 2.37 bits per heavy atom. The average molecular weight is 265 g/mol. The Balaban J connectivity index is 0.000000861. The lowest BCUT2D eigenvalue weighted by molar-refractivity contribution is 0.152. The molecular weight excluding hydrogens is 234 g/mol. The Labute approximate surface area is 119 Å². The van der Waals surface area contributed by atoms with Gasteiger partial charge < -0.3 is 5.32 Å². The van der Waals surface area contributed by atoms with Gasteiger partial charge in [0.05, 0.1) is 0 Å². The minimum absolute atomic E-state index is 0.559. The number of hydrogen-bond acceptors (Lipinski definition) is 3. The molecule has 0 amide bonds. The van der Waals surface area contributed by atoms with Crippen molar-refractivity contribution in [2.45, 2.75) is 54.0 Å². The first kappa shape index (κ1) is 16.4. The van der Waals surface area contributed by atoms with E-state index < -0.39 is 0 Å². The predicted molar refractivity (Wildman–Crippen MR) is 84.8 cm³/mol. The summed E-state index contributed by atoms with van der Waals surface area (Å²) in [4.78, 5) is 7.40. The predicted octanol–water partition coefficient (Wildman–Crippen LogP) is 3.08. The van der Waals surface area contributed by atoms with Crippen molar-refractivity contribution in [3.05, 3.63) is 11.3 Å². The third kappa shape index (κ3) is 4.43. The molecule has 1 N–H and O–H groups in total. The molecule has 0 radical (unpaired) electrons. The van der Waals surface area contributed by atoms with Crippen LogP contribution in [-0.2, 0) is 0 Å². The maximum Gasteiger partial charge on any atom is 0.0417 e. The summed E-state index contributed by atoms with van der Waals surface area (Å²) in [5, 5.41) is 3.35. The van der Waals surface area contributed by atoms with Gasteiger partial charge in [-0.3, -0.25) is 9.89 Å². The van der Waals surface area contributed by atoms with E-state index in [1.54, 1.807) is 0 Å². The molecule has 110 valence electrons. The van der Waals surface area contributed by atoms with Crippen molar-refractivity contribution in [2.24, 2.45) is 10.9 Å². The minimum atomic E-state index is 0.559. The van der Waals surface area contributed by atoms with E-state index in [-0.39, 0.29) is 0 Å². The smallest absolute Gasteiger partial charge is 0.0417 e. The van der Waals surface area contributed by atoms with E-state index in [0.717, 1.165) is 32.1 Å². The van der Waals surface area contributed by atoms with Crippen LogP contribution < -0.4 is 5.32 Å². The standard InChI is InChI=1S/C14H25N3.C2H6/c1-10(2)12(4)16-14-5-6-17(9-11(14)3)13-7-15-8-13;1-2/h10,13,15H,5-9H2,1-4H3;1-2H3. The van der Waals surface area contributed by atoms with Crippen LogP contribution in [0.15, 0.2) is 16.3 Å². The number of aliphatic imine (C=N–C) groups is 1. The van der Waals surface area contributed by atoms with Crippen LogP contribution in [0.2, 0.25) is 0 Å². The topological polar surface area (TPSA) is 27.6 Å². The molecule has 0 bridgehead atoms. The second-order valence-electron chi connectivity index (χ2n) is 5.67. The zero-order valence-electron chi connectivity index (χ0n) is 13.6. The van der Waals surface area contributed by atoms with Crippen molar-refractivity contribution in [3.63, 3.8) is 0 Å². The van der Waals surface area contributed by atoms with Crippen molar-refractivity contribution >= 4 is 5.71 Å². The molecular formula is C16H31N3. The highest BCUT2D eigenvalue weighted by molar-refractivity contribution is 5.84. The van der Waals surface area contributed by atoms with E-state index in [2.05, 4.69) is 37.9 Å². The highest BCUT2D eigenvalue weighted by Crippen LogP contribution is 2.22. The fourth-order valence-electron chi connectivity index (χ4n) is 2.27. The van der Waals surface area contributed by atoms with E-state index in [4.69, 9.17) is 4.99 Å². The fraction of sp³-hybridized carbons (Fsp3) is 0.812. The third-order valence-corrected chi connectivity index (χ3v) is 3.99. The Kier molecular flexibility index (Phi) is 6.73. The normalized spacial score (nSPS) is 22.2. The molecule has 0 aromatic rings. The molecule has 0 aliphatic carbocycles. The van der Waals surface area contributed by atoms with Crippen molar-refractivity contribution in [1.29, 1.82) is 0 Å². The molecule has 0 unspecified atom stereocenters. The van der Waals surface area contributed by atoms with Crippen LogP contribution in [0.5, 0.6) is 0 Å². The van der Waals surface area contributed by atoms with Gasteiger partial charge in [-0.2, -0.15) is 0 Å². The largest absolute Gasteiger partial charge is 0.314 e. The molecule has 0 aromatic heterocycles. The summed E-state index contributed by atoms with van der Waals surface area (Å²) in [6, 6.07) is 0.765. The van der Waals surface area contributed by atoms with Gasteiger partial charge in [0.25, 0.3) is 0 Å². The van der Waals surface area contributed by atoms with Gasteiger partial charge >= 0.3 is 0 Å². The van der Waals surface area contributed by atoms with Gasteiger partial charge in [0.15, 0.2) is 0 Å². The van der Waals surface area contributed by atoms with E-state index in [9.17, 15) is 0 Å². The molecule has 2 heterocycles. The highest BCUT2D eigenvalue weighted by Gasteiger charge is 2.27. The van der Waals surface area contributed by atoms with Crippen LogP contribution in [0.4, 0.5) is 0 Å². The highest BCUT2D eigenvalue weighted by atomic mass is 15.2. The van der Waals surface area contributed by atoms with Gasteiger partial charge in [-0.1, -0.05) is 27.7 Å². The molecule has 1 fully saturated rings. The van der Waals surface area contributed by atoms with E-state index in [1.807, 2.05) is 13.8 Å². The Morgan fingerprint density at radius 2 is 1.95 bits per heavy atom. The van der Waals surface area contributed by atoms with Gasteiger partial charge in [0.2, 0.25) is 0 Å². The van der Waals surface area contributed by atoms with E-state index in [0.29, 0.717) is 5.92 Å². The van der Waals surface area contributed by atoms with Crippen molar-refractivity contribution in [3.8, 4) is 0 Å². The molecule has 2 aliphatic heterocycles. The van der Waals surface area contributed by atoms with Crippen LogP contribution in [0, 0.1) is 5.92 Å². The summed E-state index contributed by atoms with van der Waals surface area (Å²) >= 11 is 0. The van der Waals surface area contributed by atoms with Crippen LogP contribution in [0.25, 0.3) is 0 Å². The van der Waals surface area contributed by atoms with E-state index >= 15 is 0 Å². The lowest BCUT2D eigenvalue weighted by Gasteiger charge is -2.40. The van der Waals surface area contributed by atoms with Gasteiger partial charge in [-0.05, 0) is 25.3 Å². The molecule has 2 rings (SSSR count). The Morgan fingerprint density at radius 1 is 1.32 bits per heavy atom. The monoisotopic (exact) mass is 265 g/mol. The minimum Gasteiger partial charge on any atom is -0.314 e. The average Bonchev–Trinajstić information content (AvgIpc) is 2.32. The van der Waals surface area contributed by atoms with Crippen LogP contribution >= 0.6 is 0 Å². The summed E-state index contributed by atoms with van der Waals surface area (Å²) in [6.45, 7) is 17.4. The summed E-state index contributed by atoms with van der Waals surface area (Å²) in [7, 11) is 0. The molecule has 3 nitrogen and oxygen atoms in total. The molecule has 0 saturated carbocycles. The van der Waals surface area contributed by atoms with Gasteiger partial charge in [0.1, 0.15) is 0 Å². The number of rotatable bonds is 3.